The summed E-state index contributed by atoms with van der Waals surface area (Å²) in [7, 11) is 0. The van der Waals surface area contributed by atoms with Gasteiger partial charge in [-0.15, -0.1) is 0 Å². The van der Waals surface area contributed by atoms with Gasteiger partial charge in [-0.3, -0.25) is 14.5 Å². The predicted molar refractivity (Wildman–Crippen MR) is 117 cm³/mol. The van der Waals surface area contributed by atoms with Crippen LogP contribution >= 0.6 is 11.6 Å². The molecule has 170 valence electrons. The van der Waals surface area contributed by atoms with Crippen LogP contribution < -0.4 is 5.32 Å². The number of ether oxygens (including phenoxy) is 1. The van der Waals surface area contributed by atoms with E-state index in [1.807, 2.05) is 19.1 Å². The molecule has 3 aliphatic rings. The lowest BCUT2D eigenvalue weighted by Gasteiger charge is -2.36. The molecule has 3 aliphatic heterocycles. The molecule has 1 aromatic carbocycles. The monoisotopic (exact) mass is 451 g/mol. The maximum Gasteiger partial charge on any atom is 0.321 e. The first-order chi connectivity index (χ1) is 14.9. The minimum Gasteiger partial charge on any atom is -0.483 e. The third-order valence-corrected chi connectivity index (χ3v) is 6.82. The number of halogens is 1. The molecule has 8 nitrogen and oxygen atoms in total. The van der Waals surface area contributed by atoms with Crippen molar-refractivity contribution in [2.24, 2.45) is 5.41 Å². The number of rotatable bonds is 3. The zero-order valence-electron chi connectivity index (χ0n) is 17.8. The molecule has 0 radical (unpaired) electrons. The van der Waals surface area contributed by atoms with E-state index >= 15 is 0 Å². The molecule has 1 spiro atoms. The van der Waals surface area contributed by atoms with E-state index in [1.54, 1.807) is 11.0 Å². The van der Waals surface area contributed by atoms with Gasteiger partial charge in [0.2, 0.25) is 0 Å². The van der Waals surface area contributed by atoms with Crippen molar-refractivity contribution < 1.29 is 24.2 Å². The van der Waals surface area contributed by atoms with Crippen LogP contribution in [0.4, 0.5) is 10.5 Å². The second-order valence-corrected chi connectivity index (χ2v) is 8.91. The lowest BCUT2D eigenvalue weighted by molar-refractivity contribution is -0.150. The van der Waals surface area contributed by atoms with E-state index in [0.29, 0.717) is 36.6 Å². The molecule has 0 aromatic heterocycles. The van der Waals surface area contributed by atoms with Crippen molar-refractivity contribution in [1.82, 2.24) is 9.80 Å². The number of hydrogen-bond donors (Lipinski definition) is 2. The Morgan fingerprint density at radius 1 is 1.29 bits per heavy atom. The van der Waals surface area contributed by atoms with E-state index in [4.69, 9.17) is 26.2 Å². The molecule has 2 amide bonds. The molecule has 1 aromatic rings. The van der Waals surface area contributed by atoms with Crippen LogP contribution in [0, 0.1) is 12.3 Å². The van der Waals surface area contributed by atoms with Crippen LogP contribution in [0.25, 0.3) is 0 Å². The summed E-state index contributed by atoms with van der Waals surface area (Å²) in [5.74, 6) is -0.0675. The summed E-state index contributed by atoms with van der Waals surface area (Å²) in [6, 6.07) is 5.35. The first-order valence-electron chi connectivity index (χ1n) is 10.7. The molecular formula is C22H30ClN3O5. The zero-order valence-corrected chi connectivity index (χ0v) is 18.6. The fourth-order valence-corrected chi connectivity index (χ4v) is 4.79. The molecule has 31 heavy (non-hydrogen) atoms. The van der Waals surface area contributed by atoms with Crippen LogP contribution in [-0.4, -0.2) is 72.2 Å². The molecule has 2 N–H and O–H groups in total. The maximum absolute atomic E-state index is 12.6. The Morgan fingerprint density at radius 2 is 1.94 bits per heavy atom. The number of hydrogen-bond acceptors (Lipinski definition) is 5. The third-order valence-electron chi connectivity index (χ3n) is 6.42. The molecule has 0 aliphatic carbocycles. The van der Waals surface area contributed by atoms with Crippen molar-refractivity contribution in [1.29, 1.82) is 0 Å². The molecule has 9 heteroatoms. The number of carbonyl (C=O) groups excluding carboxylic acids is 2. The average Bonchev–Trinajstić information content (AvgIpc) is 3.34. The van der Waals surface area contributed by atoms with Crippen LogP contribution in [0.1, 0.15) is 37.7 Å². The number of esters is 1. The summed E-state index contributed by atoms with van der Waals surface area (Å²) >= 11 is 6.14. The second-order valence-electron chi connectivity index (χ2n) is 8.51. The van der Waals surface area contributed by atoms with Gasteiger partial charge in [0.25, 0.3) is 6.47 Å². The number of benzene rings is 1. The predicted octanol–water partition coefficient (Wildman–Crippen LogP) is 3.37. The van der Waals surface area contributed by atoms with Gasteiger partial charge in [0.15, 0.2) is 0 Å². The van der Waals surface area contributed by atoms with Crippen molar-refractivity contribution >= 4 is 35.8 Å². The van der Waals surface area contributed by atoms with Crippen molar-refractivity contribution in [2.75, 3.05) is 38.0 Å². The molecule has 3 heterocycles. The maximum atomic E-state index is 12.6. The van der Waals surface area contributed by atoms with Gasteiger partial charge in [0.1, 0.15) is 6.10 Å². The number of amides is 2. The summed E-state index contributed by atoms with van der Waals surface area (Å²) in [4.78, 5) is 37.7. The van der Waals surface area contributed by atoms with Gasteiger partial charge in [-0.05, 0) is 63.4 Å². The lowest BCUT2D eigenvalue weighted by Crippen LogP contribution is -2.46. The Hall–Kier alpha value is -2.32. The first-order valence-corrected chi connectivity index (χ1v) is 11.1. The molecule has 3 saturated heterocycles. The minimum absolute atomic E-state index is 0.000627. The van der Waals surface area contributed by atoms with E-state index in [2.05, 4.69) is 10.2 Å². The topological polar surface area (TPSA) is 99.2 Å². The number of nitrogens with one attached hydrogen (secondary N) is 1. The van der Waals surface area contributed by atoms with E-state index in [0.717, 1.165) is 31.6 Å². The highest BCUT2D eigenvalue weighted by Gasteiger charge is 2.51. The molecule has 0 bridgehead atoms. The van der Waals surface area contributed by atoms with Crippen molar-refractivity contribution in [2.45, 2.75) is 45.1 Å². The summed E-state index contributed by atoms with van der Waals surface area (Å²) in [6.45, 7) is 5.88. The van der Waals surface area contributed by atoms with Gasteiger partial charge in [0, 0.05) is 36.8 Å². The van der Waals surface area contributed by atoms with Crippen molar-refractivity contribution in [3.8, 4) is 0 Å². The van der Waals surface area contributed by atoms with E-state index in [1.165, 1.54) is 12.8 Å². The molecule has 3 fully saturated rings. The molecule has 0 saturated carbocycles. The highest BCUT2D eigenvalue weighted by atomic mass is 35.5. The molecule has 1 atom stereocenters. The smallest absolute Gasteiger partial charge is 0.321 e. The van der Waals surface area contributed by atoms with Crippen LogP contribution in [0.15, 0.2) is 18.2 Å². The number of aryl methyl sites for hydroxylation is 1. The average molecular weight is 452 g/mol. The molecule has 4 rings (SSSR count). The number of nitrogens with zero attached hydrogens (tertiary/aromatic N) is 2. The summed E-state index contributed by atoms with van der Waals surface area (Å²) < 4.78 is 5.72. The van der Waals surface area contributed by atoms with Gasteiger partial charge in [-0.1, -0.05) is 17.7 Å². The van der Waals surface area contributed by atoms with Crippen LogP contribution in [0.5, 0.6) is 0 Å². The van der Waals surface area contributed by atoms with E-state index < -0.39 is 5.41 Å². The summed E-state index contributed by atoms with van der Waals surface area (Å²) in [6.07, 6.45) is 4.60. The van der Waals surface area contributed by atoms with Gasteiger partial charge < -0.3 is 20.1 Å². The Morgan fingerprint density at radius 3 is 2.55 bits per heavy atom. The number of likely N-dealkylation sites (tertiary alicyclic amines) is 2. The Balaban J connectivity index is 0.000000858. The number of carboxylic acid groups (broad SMARTS) is 1. The Labute approximate surface area is 187 Å². The third kappa shape index (κ3) is 5.68. The fourth-order valence-electron chi connectivity index (χ4n) is 4.61. The van der Waals surface area contributed by atoms with Gasteiger partial charge >= 0.3 is 12.0 Å². The van der Waals surface area contributed by atoms with Crippen LogP contribution in [0.3, 0.4) is 0 Å². The van der Waals surface area contributed by atoms with Crippen LogP contribution in [-0.2, 0) is 14.3 Å². The highest BCUT2D eigenvalue weighted by Crippen LogP contribution is 2.43. The lowest BCUT2D eigenvalue weighted by atomic mass is 9.76. The van der Waals surface area contributed by atoms with Crippen molar-refractivity contribution in [3.05, 3.63) is 28.8 Å². The minimum atomic E-state index is -0.408. The SMILES string of the molecule is Cc1ccc(NC(=O)N2CCC3(CC2)CC(CN2CCCC2)OC3=O)cc1Cl.O=CO. The van der Waals surface area contributed by atoms with Gasteiger partial charge in [-0.2, -0.15) is 0 Å². The number of cyclic esters (lactones) is 1. The normalized spacial score (nSPS) is 22.6. The fraction of sp³-hybridized carbons (Fsp3) is 0.591. The van der Waals surface area contributed by atoms with Gasteiger partial charge in [0.05, 0.1) is 5.41 Å². The molecular weight excluding hydrogens is 422 g/mol. The van der Waals surface area contributed by atoms with E-state index in [-0.39, 0.29) is 24.6 Å². The second kappa shape index (κ2) is 10.3. The number of piperidine rings is 1. The van der Waals surface area contributed by atoms with Crippen LogP contribution in [0.2, 0.25) is 5.02 Å². The largest absolute Gasteiger partial charge is 0.483 e. The van der Waals surface area contributed by atoms with E-state index in [9.17, 15) is 9.59 Å². The number of anilines is 1. The quantitative estimate of drug-likeness (QED) is 0.540. The number of carbonyl (C=O) groups is 3. The zero-order chi connectivity index (χ0) is 22.4. The summed E-state index contributed by atoms with van der Waals surface area (Å²) in [5, 5.41) is 10.4. The highest BCUT2D eigenvalue weighted by molar-refractivity contribution is 6.31. The standard InChI is InChI=1S/C21H28ClN3O3.CH2O2/c1-15-4-5-16(12-18(15)22)23-20(27)25-10-6-21(7-11-25)13-17(28-19(21)26)14-24-8-2-3-9-24;2-1-3/h4-5,12,17H,2-3,6-11,13-14H2,1H3,(H,23,27);1H,(H,2,3). The van der Waals surface area contributed by atoms with Crippen molar-refractivity contribution in [3.63, 3.8) is 0 Å². The van der Waals surface area contributed by atoms with Gasteiger partial charge in [-0.25, -0.2) is 4.79 Å². The Kier molecular flexibility index (Phi) is 7.78. The Bertz CT molecular complexity index is 804. The number of urea groups is 1. The summed E-state index contributed by atoms with van der Waals surface area (Å²) in [5.41, 5.74) is 1.25. The molecule has 1 unspecified atom stereocenters. The first kappa shape index (κ1) is 23.3.